The van der Waals surface area contributed by atoms with Crippen LogP contribution in [-0.2, 0) is 4.79 Å². The van der Waals surface area contributed by atoms with Crippen LogP contribution in [0.25, 0.3) is 0 Å². The second-order valence-electron chi connectivity index (χ2n) is 5.49. The standard InChI is InChI=1S/C18H15FN4O2S2/c1-11-5-2-3-8-14(11)16(25)21-17-22-23-18(27-17)26-10-15(24)20-13-7-4-6-12(19)9-13/h2-9H,10H2,1H3,(H,20,24)(H,21,22,25). The molecule has 1 aromatic heterocycles. The molecular weight excluding hydrogens is 387 g/mol. The van der Waals surface area contributed by atoms with Gasteiger partial charge in [0.15, 0.2) is 4.34 Å². The highest BCUT2D eigenvalue weighted by Gasteiger charge is 2.13. The third-order valence-electron chi connectivity index (χ3n) is 3.45. The summed E-state index contributed by atoms with van der Waals surface area (Å²) in [6.45, 7) is 1.85. The lowest BCUT2D eigenvalue weighted by Gasteiger charge is -2.04. The average Bonchev–Trinajstić information content (AvgIpc) is 3.08. The van der Waals surface area contributed by atoms with Crippen LogP contribution < -0.4 is 10.6 Å². The fourth-order valence-electron chi connectivity index (χ4n) is 2.20. The van der Waals surface area contributed by atoms with E-state index in [9.17, 15) is 14.0 Å². The summed E-state index contributed by atoms with van der Waals surface area (Å²) in [7, 11) is 0. The van der Waals surface area contributed by atoms with E-state index in [1.807, 2.05) is 19.1 Å². The minimum absolute atomic E-state index is 0.0941. The number of aryl methyl sites for hydroxylation is 1. The minimum Gasteiger partial charge on any atom is -0.325 e. The zero-order valence-electron chi connectivity index (χ0n) is 14.2. The molecule has 1 heterocycles. The molecule has 0 radical (unpaired) electrons. The number of thioether (sulfide) groups is 1. The molecule has 2 N–H and O–H groups in total. The predicted octanol–water partition coefficient (Wildman–Crippen LogP) is 3.97. The number of hydrogen-bond donors (Lipinski definition) is 2. The molecule has 0 saturated heterocycles. The summed E-state index contributed by atoms with van der Waals surface area (Å²) in [6, 6.07) is 12.9. The van der Waals surface area contributed by atoms with Crippen LogP contribution in [0.1, 0.15) is 15.9 Å². The second kappa shape index (κ2) is 8.74. The summed E-state index contributed by atoms with van der Waals surface area (Å²) in [5.41, 5.74) is 1.82. The Kier molecular flexibility index (Phi) is 6.15. The van der Waals surface area contributed by atoms with Gasteiger partial charge in [0.05, 0.1) is 5.75 Å². The first-order valence-corrected chi connectivity index (χ1v) is 9.70. The number of nitrogens with zero attached hydrogens (tertiary/aromatic N) is 2. The third kappa shape index (κ3) is 5.35. The quantitative estimate of drug-likeness (QED) is 0.481. The van der Waals surface area contributed by atoms with Crippen LogP contribution in [0, 0.1) is 12.7 Å². The molecule has 2 amide bonds. The molecule has 6 nitrogen and oxygen atoms in total. The van der Waals surface area contributed by atoms with Crippen molar-refractivity contribution in [2.75, 3.05) is 16.4 Å². The zero-order valence-corrected chi connectivity index (χ0v) is 15.9. The third-order valence-corrected chi connectivity index (χ3v) is 5.42. The van der Waals surface area contributed by atoms with Gasteiger partial charge in [-0.15, -0.1) is 10.2 Å². The molecule has 0 aliphatic heterocycles. The van der Waals surface area contributed by atoms with E-state index in [1.165, 1.54) is 41.3 Å². The molecule has 9 heteroatoms. The normalized spacial score (nSPS) is 10.4. The average molecular weight is 402 g/mol. The van der Waals surface area contributed by atoms with Gasteiger partial charge in [-0.1, -0.05) is 47.4 Å². The van der Waals surface area contributed by atoms with Gasteiger partial charge in [-0.2, -0.15) is 0 Å². The van der Waals surface area contributed by atoms with Crippen LogP contribution in [0.5, 0.6) is 0 Å². The Morgan fingerprint density at radius 3 is 2.70 bits per heavy atom. The Morgan fingerprint density at radius 1 is 1.11 bits per heavy atom. The van der Waals surface area contributed by atoms with Gasteiger partial charge in [-0.25, -0.2) is 4.39 Å². The van der Waals surface area contributed by atoms with Gasteiger partial charge >= 0.3 is 0 Å². The number of benzene rings is 2. The monoisotopic (exact) mass is 402 g/mol. The molecule has 0 aliphatic rings. The molecule has 0 atom stereocenters. The van der Waals surface area contributed by atoms with Crippen molar-refractivity contribution < 1.29 is 14.0 Å². The number of aromatic nitrogens is 2. The minimum atomic E-state index is -0.418. The topological polar surface area (TPSA) is 84.0 Å². The number of halogens is 1. The van der Waals surface area contributed by atoms with Gasteiger partial charge in [0.25, 0.3) is 5.91 Å². The number of amides is 2. The van der Waals surface area contributed by atoms with Gasteiger partial charge < -0.3 is 5.32 Å². The van der Waals surface area contributed by atoms with Crippen molar-refractivity contribution >= 4 is 45.7 Å². The highest BCUT2D eigenvalue weighted by Crippen LogP contribution is 2.26. The number of anilines is 2. The first-order valence-electron chi connectivity index (χ1n) is 7.90. The summed E-state index contributed by atoms with van der Waals surface area (Å²) >= 11 is 2.37. The van der Waals surface area contributed by atoms with Crippen molar-refractivity contribution in [3.63, 3.8) is 0 Å². The summed E-state index contributed by atoms with van der Waals surface area (Å²) in [6.07, 6.45) is 0. The highest BCUT2D eigenvalue weighted by atomic mass is 32.2. The van der Waals surface area contributed by atoms with E-state index in [-0.39, 0.29) is 17.6 Å². The molecule has 27 heavy (non-hydrogen) atoms. The van der Waals surface area contributed by atoms with E-state index in [0.29, 0.717) is 20.7 Å². The van der Waals surface area contributed by atoms with Crippen LogP contribution in [0.4, 0.5) is 15.2 Å². The molecule has 3 aromatic rings. The Balaban J connectivity index is 1.53. The number of rotatable bonds is 6. The molecule has 3 rings (SSSR count). The van der Waals surface area contributed by atoms with Crippen molar-refractivity contribution in [3.05, 3.63) is 65.5 Å². The number of carbonyl (C=O) groups excluding carboxylic acids is 2. The van der Waals surface area contributed by atoms with Crippen LogP contribution in [-0.4, -0.2) is 27.8 Å². The highest BCUT2D eigenvalue weighted by molar-refractivity contribution is 8.01. The maximum absolute atomic E-state index is 13.1. The van der Waals surface area contributed by atoms with Crippen molar-refractivity contribution in [2.24, 2.45) is 0 Å². The molecule has 0 fully saturated rings. The number of hydrogen-bond acceptors (Lipinski definition) is 6. The smallest absolute Gasteiger partial charge is 0.257 e. The Bertz CT molecular complexity index is 977. The fourth-order valence-corrected chi connectivity index (χ4v) is 3.75. The van der Waals surface area contributed by atoms with E-state index in [1.54, 1.807) is 18.2 Å². The van der Waals surface area contributed by atoms with Gasteiger partial charge in [0, 0.05) is 11.3 Å². The zero-order chi connectivity index (χ0) is 19.2. The number of nitrogens with one attached hydrogen (secondary N) is 2. The molecule has 0 spiro atoms. The Hall–Kier alpha value is -2.78. The molecule has 0 aliphatic carbocycles. The summed E-state index contributed by atoms with van der Waals surface area (Å²) < 4.78 is 13.7. The van der Waals surface area contributed by atoms with E-state index in [0.717, 1.165) is 5.56 Å². The molecule has 2 aromatic carbocycles. The largest absolute Gasteiger partial charge is 0.325 e. The maximum atomic E-state index is 13.1. The maximum Gasteiger partial charge on any atom is 0.257 e. The second-order valence-corrected chi connectivity index (χ2v) is 7.69. The van der Waals surface area contributed by atoms with E-state index in [2.05, 4.69) is 20.8 Å². The van der Waals surface area contributed by atoms with Crippen LogP contribution >= 0.6 is 23.1 Å². The van der Waals surface area contributed by atoms with Crippen LogP contribution in [0.2, 0.25) is 0 Å². The summed E-state index contributed by atoms with van der Waals surface area (Å²) in [4.78, 5) is 24.2. The Morgan fingerprint density at radius 2 is 1.93 bits per heavy atom. The lowest BCUT2D eigenvalue weighted by molar-refractivity contribution is -0.113. The molecule has 0 saturated carbocycles. The summed E-state index contributed by atoms with van der Waals surface area (Å²) in [5.74, 6) is -0.869. The fraction of sp³-hybridized carbons (Fsp3) is 0.111. The lowest BCUT2D eigenvalue weighted by Crippen LogP contribution is -2.13. The molecule has 0 unspecified atom stereocenters. The van der Waals surface area contributed by atoms with Crippen LogP contribution in [0.3, 0.4) is 0 Å². The van der Waals surface area contributed by atoms with Crippen LogP contribution in [0.15, 0.2) is 52.9 Å². The SMILES string of the molecule is Cc1ccccc1C(=O)Nc1nnc(SCC(=O)Nc2cccc(F)c2)s1. The van der Waals surface area contributed by atoms with Crippen molar-refractivity contribution in [1.82, 2.24) is 10.2 Å². The van der Waals surface area contributed by atoms with Gasteiger partial charge in [-0.3, -0.25) is 14.9 Å². The Labute approximate surface area is 163 Å². The van der Waals surface area contributed by atoms with E-state index >= 15 is 0 Å². The summed E-state index contributed by atoms with van der Waals surface area (Å²) in [5, 5.41) is 13.5. The van der Waals surface area contributed by atoms with Gasteiger partial charge in [0.1, 0.15) is 5.82 Å². The first kappa shape index (κ1) is 19.0. The lowest BCUT2D eigenvalue weighted by atomic mass is 10.1. The molecule has 0 bridgehead atoms. The van der Waals surface area contributed by atoms with E-state index in [4.69, 9.17) is 0 Å². The van der Waals surface area contributed by atoms with Crippen molar-refractivity contribution in [2.45, 2.75) is 11.3 Å². The number of carbonyl (C=O) groups is 2. The predicted molar refractivity (Wildman–Crippen MR) is 105 cm³/mol. The first-order chi connectivity index (χ1) is 13.0. The van der Waals surface area contributed by atoms with E-state index < -0.39 is 5.82 Å². The van der Waals surface area contributed by atoms with Crippen molar-refractivity contribution in [1.29, 1.82) is 0 Å². The van der Waals surface area contributed by atoms with Crippen molar-refractivity contribution in [3.8, 4) is 0 Å². The molecular formula is C18H15FN4O2S2. The molecule has 138 valence electrons. The van der Waals surface area contributed by atoms with Gasteiger partial charge in [-0.05, 0) is 36.8 Å². The van der Waals surface area contributed by atoms with Gasteiger partial charge in [0.2, 0.25) is 11.0 Å².